The van der Waals surface area contributed by atoms with E-state index in [0.29, 0.717) is 4.88 Å². The van der Waals surface area contributed by atoms with E-state index in [4.69, 9.17) is 10.2 Å². The van der Waals surface area contributed by atoms with E-state index in [1.807, 2.05) is 18.2 Å². The minimum Gasteiger partial charge on any atom is -0.364 e. The minimum atomic E-state index is -1.38. The molecule has 0 saturated carbocycles. The molecule has 1 aromatic carbocycles. The fourth-order valence-electron chi connectivity index (χ4n) is 1.79. The maximum absolute atomic E-state index is 9.15. The molecule has 86 valence electrons. The number of rotatable bonds is 2. The Balaban J connectivity index is 2.13. The summed E-state index contributed by atoms with van der Waals surface area (Å²) in [5.74, 6) is 0. The predicted octanol–water partition coefficient (Wildman–Crippen LogP) is 3.61. The van der Waals surface area contributed by atoms with Gasteiger partial charge in [-0.05, 0) is 40.6 Å². The first kappa shape index (κ1) is 10.9. The summed E-state index contributed by atoms with van der Waals surface area (Å²) < 4.78 is 1.08. The number of aliphatic hydroxyl groups is 2. The predicted molar refractivity (Wildman–Crippen MR) is 72.3 cm³/mol. The van der Waals surface area contributed by atoms with Crippen molar-refractivity contribution in [2.45, 2.75) is 6.29 Å². The second-order valence-corrected chi connectivity index (χ2v) is 5.82. The zero-order valence-electron chi connectivity index (χ0n) is 8.83. The number of fused-ring (bicyclic) bond motifs is 1. The van der Waals surface area contributed by atoms with Gasteiger partial charge in [0.15, 0.2) is 6.29 Å². The Bertz CT molecular complexity index is 639. The van der Waals surface area contributed by atoms with Gasteiger partial charge in [-0.25, -0.2) is 0 Å². The molecule has 0 unspecified atom stereocenters. The van der Waals surface area contributed by atoms with Crippen LogP contribution in [0.4, 0.5) is 0 Å². The average molecular weight is 262 g/mol. The number of benzene rings is 1. The molecule has 3 aromatic rings. The van der Waals surface area contributed by atoms with Crippen LogP contribution in [-0.4, -0.2) is 10.2 Å². The Hall–Kier alpha value is -1.20. The third-order valence-electron chi connectivity index (χ3n) is 2.60. The topological polar surface area (TPSA) is 40.5 Å². The number of hydrogen-bond donors (Lipinski definition) is 2. The number of thiophene rings is 2. The molecule has 2 nitrogen and oxygen atoms in total. The molecule has 0 spiro atoms. The van der Waals surface area contributed by atoms with Gasteiger partial charge in [0.2, 0.25) is 0 Å². The third-order valence-corrected chi connectivity index (χ3v) is 4.67. The molecule has 2 aromatic heterocycles. The normalized spacial score (nSPS) is 11.5. The molecule has 0 bridgehead atoms. The van der Waals surface area contributed by atoms with Crippen LogP contribution in [0.5, 0.6) is 0 Å². The smallest absolute Gasteiger partial charge is 0.188 e. The summed E-state index contributed by atoms with van der Waals surface area (Å²) in [5, 5.41) is 21.4. The van der Waals surface area contributed by atoms with Crippen molar-refractivity contribution < 1.29 is 10.2 Å². The summed E-state index contributed by atoms with van der Waals surface area (Å²) in [6.07, 6.45) is -1.38. The zero-order chi connectivity index (χ0) is 11.8. The Morgan fingerprint density at radius 1 is 1.06 bits per heavy atom. The van der Waals surface area contributed by atoms with E-state index in [9.17, 15) is 0 Å². The summed E-state index contributed by atoms with van der Waals surface area (Å²) in [5.41, 5.74) is 1.17. The molecular weight excluding hydrogens is 252 g/mol. The molecule has 0 fully saturated rings. The molecule has 2 N–H and O–H groups in total. The van der Waals surface area contributed by atoms with Gasteiger partial charge in [0, 0.05) is 9.58 Å². The Morgan fingerprint density at radius 3 is 2.65 bits per heavy atom. The lowest BCUT2D eigenvalue weighted by Gasteiger charge is -1.96. The molecule has 0 amide bonds. The third kappa shape index (κ3) is 2.00. The summed E-state index contributed by atoms with van der Waals surface area (Å²) >= 11 is 3.12. The van der Waals surface area contributed by atoms with E-state index >= 15 is 0 Å². The van der Waals surface area contributed by atoms with Crippen molar-refractivity contribution in [1.82, 2.24) is 0 Å². The van der Waals surface area contributed by atoms with Crippen molar-refractivity contribution in [2.24, 2.45) is 0 Å². The molecule has 0 aliphatic carbocycles. The largest absolute Gasteiger partial charge is 0.364 e. The molecular formula is C13H10O2S2. The van der Waals surface area contributed by atoms with Gasteiger partial charge in [-0.1, -0.05) is 12.1 Å². The van der Waals surface area contributed by atoms with E-state index in [1.165, 1.54) is 21.8 Å². The lowest BCUT2D eigenvalue weighted by Crippen LogP contribution is -1.88. The lowest BCUT2D eigenvalue weighted by atomic mass is 10.1. The highest BCUT2D eigenvalue weighted by molar-refractivity contribution is 7.19. The zero-order valence-corrected chi connectivity index (χ0v) is 10.5. The van der Waals surface area contributed by atoms with Gasteiger partial charge in [0.05, 0.1) is 4.88 Å². The monoisotopic (exact) mass is 262 g/mol. The van der Waals surface area contributed by atoms with Crippen LogP contribution in [0.2, 0.25) is 0 Å². The van der Waals surface area contributed by atoms with Crippen LogP contribution in [0.25, 0.3) is 20.5 Å². The number of aliphatic hydroxyl groups excluding tert-OH is 1. The van der Waals surface area contributed by atoms with Crippen molar-refractivity contribution in [3.05, 3.63) is 46.7 Å². The van der Waals surface area contributed by atoms with Gasteiger partial charge in [-0.15, -0.1) is 22.7 Å². The molecule has 17 heavy (non-hydrogen) atoms. The highest BCUT2D eigenvalue weighted by atomic mass is 32.1. The van der Waals surface area contributed by atoms with Crippen LogP contribution in [0.1, 0.15) is 11.2 Å². The fourth-order valence-corrected chi connectivity index (χ4v) is 3.43. The van der Waals surface area contributed by atoms with Crippen molar-refractivity contribution in [3.8, 4) is 10.4 Å². The molecule has 0 aliphatic heterocycles. The van der Waals surface area contributed by atoms with Crippen LogP contribution in [-0.2, 0) is 0 Å². The summed E-state index contributed by atoms with van der Waals surface area (Å²) in [4.78, 5) is 1.81. The second kappa shape index (κ2) is 4.23. The maximum atomic E-state index is 9.15. The SMILES string of the molecule is OC(O)c1cc2cc(-c3cccs3)ccc2s1. The van der Waals surface area contributed by atoms with Gasteiger partial charge >= 0.3 is 0 Å². The van der Waals surface area contributed by atoms with E-state index in [2.05, 4.69) is 23.6 Å². The van der Waals surface area contributed by atoms with Crippen LogP contribution >= 0.6 is 22.7 Å². The average Bonchev–Trinajstić information content (AvgIpc) is 2.97. The van der Waals surface area contributed by atoms with Crippen molar-refractivity contribution in [1.29, 1.82) is 0 Å². The first-order valence-electron chi connectivity index (χ1n) is 5.17. The first-order valence-corrected chi connectivity index (χ1v) is 6.87. The molecule has 3 rings (SSSR count). The molecule has 0 saturated heterocycles. The summed E-state index contributed by atoms with van der Waals surface area (Å²) in [6, 6.07) is 12.1. The molecule has 0 aliphatic rings. The van der Waals surface area contributed by atoms with E-state index < -0.39 is 6.29 Å². The van der Waals surface area contributed by atoms with Crippen molar-refractivity contribution in [2.75, 3.05) is 0 Å². The fraction of sp³-hybridized carbons (Fsp3) is 0.0769. The van der Waals surface area contributed by atoms with Gasteiger partial charge < -0.3 is 10.2 Å². The first-order chi connectivity index (χ1) is 8.24. The van der Waals surface area contributed by atoms with Crippen LogP contribution in [0.3, 0.4) is 0 Å². The van der Waals surface area contributed by atoms with Gasteiger partial charge in [-0.2, -0.15) is 0 Å². The Morgan fingerprint density at radius 2 is 1.94 bits per heavy atom. The van der Waals surface area contributed by atoms with Crippen LogP contribution in [0, 0.1) is 0 Å². The Labute approximate surface area is 106 Å². The minimum absolute atomic E-state index is 0.586. The molecule has 2 heterocycles. The van der Waals surface area contributed by atoms with Crippen LogP contribution in [0.15, 0.2) is 41.8 Å². The van der Waals surface area contributed by atoms with Gasteiger partial charge in [0.1, 0.15) is 0 Å². The highest BCUT2D eigenvalue weighted by Gasteiger charge is 2.09. The molecule has 0 radical (unpaired) electrons. The standard InChI is InChI=1S/C13H10O2S2/c14-13(15)12-7-9-6-8(3-4-11(9)17-12)10-2-1-5-16-10/h1-7,13-15H. The van der Waals surface area contributed by atoms with Crippen LogP contribution < -0.4 is 0 Å². The highest BCUT2D eigenvalue weighted by Crippen LogP contribution is 2.33. The Kier molecular flexibility index (Phi) is 2.72. The molecule has 4 heteroatoms. The van der Waals surface area contributed by atoms with Crippen molar-refractivity contribution in [3.63, 3.8) is 0 Å². The summed E-state index contributed by atoms with van der Waals surface area (Å²) in [6.45, 7) is 0. The lowest BCUT2D eigenvalue weighted by molar-refractivity contribution is -0.0394. The number of hydrogen-bond acceptors (Lipinski definition) is 4. The quantitative estimate of drug-likeness (QED) is 0.693. The van der Waals surface area contributed by atoms with Crippen molar-refractivity contribution >= 4 is 32.8 Å². The van der Waals surface area contributed by atoms with E-state index in [-0.39, 0.29) is 0 Å². The summed E-state index contributed by atoms with van der Waals surface area (Å²) in [7, 11) is 0. The van der Waals surface area contributed by atoms with Gasteiger partial charge in [-0.3, -0.25) is 0 Å². The molecule has 0 atom stereocenters. The van der Waals surface area contributed by atoms with E-state index in [0.717, 1.165) is 10.1 Å². The van der Waals surface area contributed by atoms with Gasteiger partial charge in [0.25, 0.3) is 0 Å². The maximum Gasteiger partial charge on any atom is 0.188 e. The van der Waals surface area contributed by atoms with E-state index in [1.54, 1.807) is 11.3 Å². The second-order valence-electron chi connectivity index (χ2n) is 3.75.